The molecule has 37 heavy (non-hydrogen) atoms. The lowest BCUT2D eigenvalue weighted by Crippen LogP contribution is -2.44. The predicted molar refractivity (Wildman–Crippen MR) is 146 cm³/mol. The summed E-state index contributed by atoms with van der Waals surface area (Å²) < 4.78 is 6.11. The van der Waals surface area contributed by atoms with Gasteiger partial charge in [0, 0.05) is 37.8 Å². The fourth-order valence-corrected chi connectivity index (χ4v) is 6.28. The number of pyridine rings is 1. The third kappa shape index (κ3) is 3.99. The van der Waals surface area contributed by atoms with Gasteiger partial charge in [-0.25, -0.2) is 4.98 Å². The first-order valence-corrected chi connectivity index (χ1v) is 13.3. The molecule has 2 aromatic carbocycles. The molecule has 3 aromatic heterocycles. The van der Waals surface area contributed by atoms with Crippen LogP contribution in [0.1, 0.15) is 30.5 Å². The van der Waals surface area contributed by atoms with Crippen LogP contribution in [0.2, 0.25) is 0 Å². The highest BCUT2D eigenvalue weighted by atomic mass is 32.1. The van der Waals surface area contributed by atoms with E-state index in [9.17, 15) is 14.4 Å². The van der Waals surface area contributed by atoms with Crippen molar-refractivity contribution in [2.75, 3.05) is 7.05 Å². The van der Waals surface area contributed by atoms with Crippen LogP contribution in [0, 0.1) is 6.92 Å². The number of thiazole rings is 1. The maximum absolute atomic E-state index is 14.0. The zero-order valence-electron chi connectivity index (χ0n) is 20.8. The Morgan fingerprint density at radius 3 is 2.57 bits per heavy atom. The molecule has 1 atom stereocenters. The van der Waals surface area contributed by atoms with Crippen molar-refractivity contribution in [2.24, 2.45) is 0 Å². The van der Waals surface area contributed by atoms with Crippen molar-refractivity contribution >= 4 is 38.4 Å². The summed E-state index contributed by atoms with van der Waals surface area (Å²) in [6, 6.07) is 19.2. The fourth-order valence-electron chi connectivity index (χ4n) is 5.31. The van der Waals surface area contributed by atoms with Gasteiger partial charge in [0.25, 0.3) is 11.1 Å². The molecule has 0 saturated carbocycles. The first kappa shape index (κ1) is 23.4. The summed E-state index contributed by atoms with van der Waals surface area (Å²) in [6.45, 7) is 2.61. The monoisotopic (exact) mass is 513 g/mol. The topological polar surface area (TPSA) is 82.1 Å². The molecule has 8 nitrogen and oxygen atoms in total. The largest absolute Gasteiger partial charge is 0.341 e. The third-order valence-electron chi connectivity index (χ3n) is 7.38. The second kappa shape index (κ2) is 9.15. The van der Waals surface area contributed by atoms with Gasteiger partial charge in [-0.3, -0.25) is 19.1 Å². The van der Waals surface area contributed by atoms with E-state index in [0.29, 0.717) is 41.2 Å². The molecule has 1 fully saturated rings. The number of amides is 1. The van der Waals surface area contributed by atoms with Crippen molar-refractivity contribution in [2.45, 2.75) is 45.3 Å². The van der Waals surface area contributed by atoms with Crippen LogP contribution in [0.3, 0.4) is 0 Å². The maximum Gasteiger partial charge on any atom is 0.283 e. The summed E-state index contributed by atoms with van der Waals surface area (Å²) in [5.74, 6) is 0.0928. The number of likely N-dealkylation sites (tertiary alicyclic amines) is 1. The van der Waals surface area contributed by atoms with Gasteiger partial charge in [0.2, 0.25) is 11.0 Å². The van der Waals surface area contributed by atoms with Crippen molar-refractivity contribution in [1.29, 1.82) is 0 Å². The molecule has 0 spiro atoms. The fraction of sp³-hybridized carbons (Fsp3) is 0.286. The van der Waals surface area contributed by atoms with Gasteiger partial charge in [-0.15, -0.1) is 0 Å². The molecule has 0 aliphatic carbocycles. The molecule has 5 aromatic rings. The normalized spacial score (nSPS) is 16.2. The Morgan fingerprint density at radius 2 is 1.78 bits per heavy atom. The van der Waals surface area contributed by atoms with Crippen LogP contribution in [0.4, 0.5) is 0 Å². The van der Waals surface area contributed by atoms with Gasteiger partial charge in [-0.05, 0) is 37.5 Å². The lowest BCUT2D eigenvalue weighted by Gasteiger charge is -2.33. The van der Waals surface area contributed by atoms with Crippen LogP contribution >= 0.6 is 11.3 Å². The summed E-state index contributed by atoms with van der Waals surface area (Å²) >= 11 is 1.45. The lowest BCUT2D eigenvalue weighted by atomic mass is 10.0. The minimum atomic E-state index is -0.204. The van der Waals surface area contributed by atoms with Crippen LogP contribution in [0.25, 0.3) is 26.3 Å². The second-order valence-electron chi connectivity index (χ2n) is 9.61. The summed E-state index contributed by atoms with van der Waals surface area (Å²) in [7, 11) is 1.79. The summed E-state index contributed by atoms with van der Waals surface area (Å²) in [6.07, 6.45) is 2.17. The Bertz CT molecular complexity index is 1730. The third-order valence-corrected chi connectivity index (χ3v) is 8.39. The Hall–Kier alpha value is -3.98. The number of fused-ring (bicyclic) bond motifs is 2. The van der Waals surface area contributed by atoms with E-state index in [1.54, 1.807) is 27.3 Å². The van der Waals surface area contributed by atoms with E-state index < -0.39 is 0 Å². The van der Waals surface area contributed by atoms with Gasteiger partial charge in [-0.1, -0.05) is 53.8 Å². The number of hydrogen-bond acceptors (Lipinski definition) is 5. The van der Waals surface area contributed by atoms with Crippen molar-refractivity contribution < 1.29 is 4.79 Å². The number of hydrogen-bond donors (Lipinski definition) is 0. The molecule has 1 aliphatic rings. The Morgan fingerprint density at radius 1 is 1.03 bits per heavy atom. The number of rotatable bonds is 5. The summed E-state index contributed by atoms with van der Waals surface area (Å²) in [5.41, 5.74) is 2.65. The van der Waals surface area contributed by atoms with Crippen molar-refractivity contribution in [3.05, 3.63) is 92.6 Å². The van der Waals surface area contributed by atoms with Crippen molar-refractivity contribution in [3.63, 3.8) is 0 Å². The summed E-state index contributed by atoms with van der Waals surface area (Å²) in [5, 5.41) is 1.06. The van der Waals surface area contributed by atoms with Crippen LogP contribution in [0.15, 0.2) is 70.3 Å². The maximum atomic E-state index is 14.0. The number of aromatic nitrogens is 4. The van der Waals surface area contributed by atoms with Gasteiger partial charge >= 0.3 is 0 Å². The highest BCUT2D eigenvalue weighted by Gasteiger charge is 2.27. The van der Waals surface area contributed by atoms with E-state index >= 15 is 0 Å². The number of para-hydroxylation sites is 1. The number of piperidine rings is 1. The highest BCUT2D eigenvalue weighted by Crippen LogP contribution is 2.27. The number of benzene rings is 2. The van der Waals surface area contributed by atoms with E-state index in [-0.39, 0.29) is 23.1 Å². The predicted octanol–water partition coefficient (Wildman–Crippen LogP) is 3.93. The lowest BCUT2D eigenvalue weighted by molar-refractivity contribution is -0.134. The Kier molecular flexibility index (Phi) is 5.79. The van der Waals surface area contributed by atoms with E-state index in [2.05, 4.69) is 0 Å². The Balaban J connectivity index is 1.56. The van der Waals surface area contributed by atoms with E-state index in [4.69, 9.17) is 4.98 Å². The average molecular weight is 514 g/mol. The number of nitrogens with zero attached hydrogens (tertiary/aromatic N) is 5. The average Bonchev–Trinajstić information content (AvgIpc) is 3.43. The number of carbonyl (C=O) groups excluding carboxylic acids is 1. The number of likely N-dealkylation sites (N-methyl/N-ethyl adjacent to an activating group) is 1. The Labute approximate surface area is 217 Å². The summed E-state index contributed by atoms with van der Waals surface area (Å²) in [4.78, 5) is 46.2. The first-order chi connectivity index (χ1) is 17.9. The smallest absolute Gasteiger partial charge is 0.283 e. The van der Waals surface area contributed by atoms with Gasteiger partial charge < -0.3 is 9.47 Å². The number of carbonyl (C=O) groups is 1. The van der Waals surface area contributed by atoms with E-state index in [1.165, 1.54) is 11.3 Å². The molecule has 1 saturated heterocycles. The molecular formula is C28H27N5O3S. The van der Waals surface area contributed by atoms with Crippen LogP contribution in [0.5, 0.6) is 0 Å². The first-order valence-electron chi connectivity index (χ1n) is 12.4. The molecule has 1 aliphatic heterocycles. The van der Waals surface area contributed by atoms with Crippen LogP contribution < -0.4 is 11.1 Å². The zero-order valence-corrected chi connectivity index (χ0v) is 21.6. The molecule has 0 N–H and O–H groups in total. The SMILES string of the molecule is Cc1c2c(=O)n(-c3nc4ccccc4s3)n(Cc3ccccc3)c2cc(=O)n1CC1CCCC(=O)N1C. The van der Waals surface area contributed by atoms with Crippen molar-refractivity contribution in [3.8, 4) is 5.13 Å². The minimum absolute atomic E-state index is 0.0759. The van der Waals surface area contributed by atoms with Gasteiger partial charge in [0.1, 0.15) is 0 Å². The van der Waals surface area contributed by atoms with Gasteiger partial charge in [-0.2, -0.15) is 4.68 Å². The van der Waals surface area contributed by atoms with Crippen LogP contribution in [-0.2, 0) is 17.9 Å². The zero-order chi connectivity index (χ0) is 25.7. The number of aryl methyl sites for hydroxylation is 1. The molecule has 1 amide bonds. The van der Waals surface area contributed by atoms with E-state index in [0.717, 1.165) is 28.6 Å². The molecule has 6 rings (SSSR count). The molecule has 4 heterocycles. The molecule has 1 unspecified atom stereocenters. The van der Waals surface area contributed by atoms with Crippen LogP contribution in [-0.4, -0.2) is 42.8 Å². The minimum Gasteiger partial charge on any atom is -0.341 e. The molecule has 9 heteroatoms. The second-order valence-corrected chi connectivity index (χ2v) is 10.6. The molecule has 0 bridgehead atoms. The standard InChI is InChI=1S/C28H27N5O3S/c1-18-26-22(15-25(35)31(18)17-20-11-8-14-24(34)30(20)2)32(16-19-9-4-3-5-10-19)33(27(26)36)28-29-21-12-6-7-13-23(21)37-28/h3-7,9-10,12-13,15,20H,8,11,14,16-17H2,1-2H3. The highest BCUT2D eigenvalue weighted by molar-refractivity contribution is 7.20. The molecule has 0 radical (unpaired) electrons. The molecular weight excluding hydrogens is 486 g/mol. The van der Waals surface area contributed by atoms with Gasteiger partial charge in [0.15, 0.2) is 0 Å². The van der Waals surface area contributed by atoms with Gasteiger partial charge in [0.05, 0.1) is 27.7 Å². The van der Waals surface area contributed by atoms with E-state index in [1.807, 2.05) is 66.2 Å². The molecule has 188 valence electrons. The van der Waals surface area contributed by atoms with Crippen molar-refractivity contribution in [1.82, 2.24) is 23.8 Å². The quantitative estimate of drug-likeness (QED) is 0.357.